The van der Waals surface area contributed by atoms with Crippen molar-refractivity contribution in [1.29, 1.82) is 0 Å². The zero-order valence-corrected chi connectivity index (χ0v) is 73.5. The summed E-state index contributed by atoms with van der Waals surface area (Å²) in [5.74, 6) is -2.31. The summed E-state index contributed by atoms with van der Waals surface area (Å²) in [4.78, 5) is 56.2. The van der Waals surface area contributed by atoms with Crippen LogP contribution in [0.2, 0.25) is 0 Å². The molecule has 8 N–H and O–H groups in total. The van der Waals surface area contributed by atoms with E-state index in [0.29, 0.717) is 51.5 Å². The van der Waals surface area contributed by atoms with Gasteiger partial charge in [-0.2, -0.15) is 30.4 Å². The Bertz CT molecular complexity index is 5560. The van der Waals surface area contributed by atoms with E-state index in [1.807, 2.05) is 78.9 Å². The molecule has 38 nitrogen and oxygen atoms in total. The quantitative estimate of drug-likeness (QED) is 0.0195. The lowest BCUT2D eigenvalue weighted by molar-refractivity contribution is -0.137. The molecular formula is C81H99F3N12O26S4. The van der Waals surface area contributed by atoms with Gasteiger partial charge in [0.05, 0.1) is 96.2 Å². The normalized spacial score (nSPS) is 15.2. The number of hydrogen-bond acceptors (Lipinski definition) is 30. The van der Waals surface area contributed by atoms with Crippen molar-refractivity contribution in [2.24, 2.45) is 0 Å². The van der Waals surface area contributed by atoms with E-state index in [9.17, 15) is 66.0 Å². The molecule has 0 radical (unpaired) electrons. The number of nitrogens with one attached hydrogen (secondary N) is 4. The van der Waals surface area contributed by atoms with Crippen LogP contribution in [-0.2, 0) is 59.4 Å². The minimum absolute atomic E-state index is 0.0257. The fraction of sp³-hybridized carbons (Fsp3) is 0.358. The van der Waals surface area contributed by atoms with Crippen molar-refractivity contribution in [2.45, 2.75) is 38.8 Å². The molecule has 0 unspecified atom stereocenters. The Morgan fingerprint density at radius 1 is 0.310 bits per heavy atom. The molecule has 4 fully saturated rings. The van der Waals surface area contributed by atoms with E-state index >= 15 is 0 Å². The summed E-state index contributed by atoms with van der Waals surface area (Å²) < 4.78 is 202. The van der Waals surface area contributed by atoms with Crippen LogP contribution >= 0.6 is 0 Å². The zero-order valence-electron chi connectivity index (χ0n) is 70.3. The first-order valence-corrected chi connectivity index (χ1v) is 44.2. The molecule has 126 heavy (non-hydrogen) atoms. The van der Waals surface area contributed by atoms with Gasteiger partial charge in [0, 0.05) is 129 Å². The number of ether oxygens (including phenoxy) is 10. The summed E-state index contributed by atoms with van der Waals surface area (Å²) in [6.45, 7) is 6.57. The highest BCUT2D eigenvalue weighted by atomic mass is 32.2. The number of piperazine rings is 4. The van der Waals surface area contributed by atoms with E-state index in [-0.39, 0.29) is 148 Å². The van der Waals surface area contributed by atoms with Crippen LogP contribution < -0.4 is 79.1 Å². The van der Waals surface area contributed by atoms with E-state index in [4.69, 9.17) is 68.2 Å². The number of halogens is 3. The molecule has 8 aromatic carbocycles. The van der Waals surface area contributed by atoms with E-state index in [0.717, 1.165) is 51.3 Å². The van der Waals surface area contributed by atoms with Gasteiger partial charge in [-0.3, -0.25) is 49.8 Å². The zero-order chi connectivity index (χ0) is 92.0. The first-order chi connectivity index (χ1) is 60.2. The fourth-order valence-corrected chi connectivity index (χ4v) is 20.7. The second-order valence-corrected chi connectivity index (χ2v) is 35.3. The van der Waals surface area contributed by atoms with Crippen molar-refractivity contribution >= 4 is 75.1 Å². The third-order valence-electron chi connectivity index (χ3n) is 20.8. The number of alkyl halides is 3. The molecule has 4 saturated heterocycles. The third-order valence-corrected chi connectivity index (χ3v) is 28.5. The summed E-state index contributed by atoms with van der Waals surface area (Å²) in [7, 11) is -2.52. The van der Waals surface area contributed by atoms with Crippen molar-refractivity contribution < 1.29 is 134 Å². The summed E-state index contributed by atoms with van der Waals surface area (Å²) in [5, 5.41) is 36.6. The van der Waals surface area contributed by atoms with Crippen LogP contribution in [0.1, 0.15) is 58.1 Å². The molecule has 12 rings (SSSR count). The van der Waals surface area contributed by atoms with Gasteiger partial charge in [-0.1, -0.05) is 42.5 Å². The Balaban J connectivity index is 0.000000190. The second-order valence-electron chi connectivity index (χ2n) is 27.7. The first kappa shape index (κ1) is 98.2. The van der Waals surface area contributed by atoms with Crippen molar-refractivity contribution in [3.05, 3.63) is 191 Å². The Hall–Kier alpha value is -11.6. The number of sulfonamides is 4. The van der Waals surface area contributed by atoms with E-state index in [1.165, 1.54) is 152 Å². The highest BCUT2D eigenvalue weighted by Crippen LogP contribution is 2.42. The van der Waals surface area contributed by atoms with Crippen molar-refractivity contribution in [3.8, 4) is 57.5 Å². The SMILES string of the molecule is COc1ccc(CN2CCN(S(=O)(=O)c3ccc(OC)c(OC)c3C(=O)NO)CC2)cc1.COc1ccc(N2CCN(S(=O)(=O)c3ccc(OC)c(OC)c3C(=O)NO)CC2)cc1.COc1ccc(S(=O)(=O)N2CCN(Cc3ccccc3)CC2)c(C(=O)NO)c1OC.COc1ccc(S(=O)(=O)N2CCN(c3ccc(C(F)(F)F)cc3)CC2)c(C(=O)NO)c1OC. The summed E-state index contributed by atoms with van der Waals surface area (Å²) >= 11 is 0. The number of benzene rings is 8. The summed E-state index contributed by atoms with van der Waals surface area (Å²) in [6, 6.07) is 40.5. The largest absolute Gasteiger partial charge is 0.497 e. The lowest BCUT2D eigenvalue weighted by Crippen LogP contribution is -2.49. The fourth-order valence-electron chi connectivity index (χ4n) is 14.2. The van der Waals surface area contributed by atoms with Crippen molar-refractivity contribution in [2.75, 3.05) is 186 Å². The number of rotatable bonds is 28. The number of nitrogens with zero attached hydrogens (tertiary/aromatic N) is 8. The van der Waals surface area contributed by atoms with Gasteiger partial charge in [0.15, 0.2) is 46.0 Å². The predicted octanol–water partition coefficient (Wildman–Crippen LogP) is 6.36. The van der Waals surface area contributed by atoms with Gasteiger partial charge in [-0.05, 0) is 120 Å². The molecule has 45 heteroatoms. The molecule has 4 aliphatic rings. The smallest absolute Gasteiger partial charge is 0.416 e. The van der Waals surface area contributed by atoms with Gasteiger partial charge in [0.2, 0.25) is 40.1 Å². The Kier molecular flexibility index (Phi) is 34.3. The maximum absolute atomic E-state index is 13.4. The topological polar surface area (TPSA) is 452 Å². The van der Waals surface area contributed by atoms with Gasteiger partial charge in [0.1, 0.15) is 33.8 Å². The summed E-state index contributed by atoms with van der Waals surface area (Å²) in [6.07, 6.45) is -4.44. The average Bonchev–Trinajstić information content (AvgIpc) is 0.775. The van der Waals surface area contributed by atoms with E-state index < -0.39 is 81.0 Å². The van der Waals surface area contributed by atoms with Crippen LogP contribution in [-0.4, -0.2) is 281 Å². The maximum Gasteiger partial charge on any atom is 0.416 e. The number of hydroxylamine groups is 4. The van der Waals surface area contributed by atoms with Gasteiger partial charge in [-0.25, -0.2) is 55.6 Å². The molecule has 684 valence electrons. The molecule has 4 heterocycles. The minimum atomic E-state index is -4.44. The number of carbonyl (C=O) groups is 4. The third kappa shape index (κ3) is 22.6. The monoisotopic (exact) mass is 1840 g/mol. The van der Waals surface area contributed by atoms with Crippen LogP contribution in [0.5, 0.6) is 57.5 Å². The molecule has 0 aliphatic carbocycles. The van der Waals surface area contributed by atoms with Crippen LogP contribution in [0.15, 0.2) is 171 Å². The lowest BCUT2D eigenvalue weighted by atomic mass is 10.1. The molecule has 8 aromatic rings. The van der Waals surface area contributed by atoms with Crippen LogP contribution in [0.25, 0.3) is 0 Å². The molecule has 4 aliphatic heterocycles. The van der Waals surface area contributed by atoms with Crippen LogP contribution in [0, 0.1) is 0 Å². The van der Waals surface area contributed by atoms with Crippen molar-refractivity contribution in [1.82, 2.24) is 48.9 Å². The molecule has 4 amide bonds. The van der Waals surface area contributed by atoms with Gasteiger partial charge in [-0.15, -0.1) is 0 Å². The van der Waals surface area contributed by atoms with E-state index in [1.54, 1.807) is 19.1 Å². The number of anilines is 2. The van der Waals surface area contributed by atoms with Crippen molar-refractivity contribution in [3.63, 3.8) is 0 Å². The number of hydrogen-bond donors (Lipinski definition) is 8. The highest BCUT2D eigenvalue weighted by molar-refractivity contribution is 7.90. The minimum Gasteiger partial charge on any atom is -0.497 e. The van der Waals surface area contributed by atoms with E-state index in [2.05, 4.69) is 14.7 Å². The predicted molar refractivity (Wildman–Crippen MR) is 449 cm³/mol. The molecule has 0 saturated carbocycles. The molecule has 0 aromatic heterocycles. The van der Waals surface area contributed by atoms with Crippen LogP contribution in [0.3, 0.4) is 0 Å². The van der Waals surface area contributed by atoms with Gasteiger partial charge in [0.25, 0.3) is 23.6 Å². The van der Waals surface area contributed by atoms with Gasteiger partial charge >= 0.3 is 6.18 Å². The van der Waals surface area contributed by atoms with Crippen LogP contribution in [0.4, 0.5) is 24.5 Å². The maximum atomic E-state index is 13.4. The lowest BCUT2D eigenvalue weighted by Gasteiger charge is -2.35. The number of carbonyl (C=O) groups excluding carboxylic acids is 4. The number of amides is 4. The molecule has 0 atom stereocenters. The standard InChI is InChI=1S/C21H27N3O7S.C20H22F3N3O6S.C20H25N3O7S.C20H25N3O6S/c1-29-16-6-4-15(5-7-16)14-23-10-12-24(13-11-23)32(27,28)18-9-8-17(30-2)20(31-3)19(18)21(25)22-26;1-31-15-7-8-16(17(18(15)32-2)19(27)24-28)33(29,30)26-11-9-25(10-12-26)14-5-3-13(4-6-14)20(21,22)23;1-28-15-6-4-14(5-7-15)22-10-12-23(13-11-22)31(26,27)17-9-8-16(29-2)19(30-3)18(17)20(24)21-25;1-28-16-8-9-17(18(19(16)29-2)20(24)21-25)30(26,27)23-12-10-22(11-13-23)14-15-6-4-3-5-7-15/h4-9,26H,10-14H2,1-3H3,(H,22,25);3-8,28H,9-12H2,1-2H3,(H,24,27);4-9,25H,10-13H2,1-3H3,(H,21,24);3-9,25H,10-14H2,1-2H3,(H,21,24). The summed E-state index contributed by atoms with van der Waals surface area (Å²) in [5.41, 5.74) is 7.54. The number of methoxy groups -OCH3 is 10. The average molecular weight is 1840 g/mol. The first-order valence-electron chi connectivity index (χ1n) is 38.4. The van der Waals surface area contributed by atoms with Gasteiger partial charge < -0.3 is 57.2 Å². The Morgan fingerprint density at radius 3 is 0.794 bits per heavy atom. The Labute approximate surface area is 726 Å². The molecule has 0 bridgehead atoms. The molecule has 0 spiro atoms. The second kappa shape index (κ2) is 44.0. The Morgan fingerprint density at radius 2 is 0.556 bits per heavy atom. The highest BCUT2D eigenvalue weighted by Gasteiger charge is 2.41. The molecular weight excluding hydrogens is 1740 g/mol.